The van der Waals surface area contributed by atoms with Crippen LogP contribution in [0.2, 0.25) is 0 Å². The maximum Gasteiger partial charge on any atom is 0.338 e. The Kier molecular flexibility index (Phi) is 15.1. The standard InChI is InChI=1S/2C10H12O3.C2H6O2/c2*1-2-7-13-10(12)8-3-5-9(11)6-4-8;3-1-2-4/h2*3-6,11H,2,7H2,1H3;3-4H,1-2H2. The molecule has 2 aromatic rings. The van der Waals surface area contributed by atoms with E-state index in [0.717, 1.165) is 12.8 Å². The molecule has 30 heavy (non-hydrogen) atoms. The molecular formula is C22H30O8. The van der Waals surface area contributed by atoms with Crippen LogP contribution in [-0.4, -0.2) is 58.8 Å². The average Bonchev–Trinajstić information content (AvgIpc) is 2.77. The summed E-state index contributed by atoms with van der Waals surface area (Å²) in [5.74, 6) is -0.400. The number of esters is 2. The van der Waals surface area contributed by atoms with Gasteiger partial charge in [0.25, 0.3) is 0 Å². The number of carbonyl (C=O) groups is 2. The molecule has 166 valence electrons. The predicted octanol–water partition coefficient (Wildman–Crippen LogP) is 2.89. The number of carbonyl (C=O) groups excluding carboxylic acids is 2. The molecule has 0 aliphatic heterocycles. The summed E-state index contributed by atoms with van der Waals surface area (Å²) >= 11 is 0. The number of aromatic hydroxyl groups is 2. The zero-order valence-electron chi connectivity index (χ0n) is 17.3. The summed E-state index contributed by atoms with van der Waals surface area (Å²) in [5, 5.41) is 33.2. The van der Waals surface area contributed by atoms with Crippen LogP contribution in [0.3, 0.4) is 0 Å². The molecule has 0 heterocycles. The first-order chi connectivity index (χ1) is 14.4. The molecule has 0 amide bonds. The Labute approximate surface area is 176 Å². The van der Waals surface area contributed by atoms with Crippen molar-refractivity contribution < 1.29 is 39.5 Å². The fraction of sp³-hybridized carbons (Fsp3) is 0.364. The van der Waals surface area contributed by atoms with Gasteiger partial charge in [-0.25, -0.2) is 9.59 Å². The molecular weight excluding hydrogens is 392 g/mol. The van der Waals surface area contributed by atoms with Gasteiger partial charge in [0.15, 0.2) is 0 Å². The third-order valence-electron chi connectivity index (χ3n) is 3.18. The number of hydrogen-bond donors (Lipinski definition) is 4. The van der Waals surface area contributed by atoms with Crippen LogP contribution in [0.25, 0.3) is 0 Å². The lowest BCUT2D eigenvalue weighted by Gasteiger charge is -2.02. The highest BCUT2D eigenvalue weighted by molar-refractivity contribution is 5.89. The van der Waals surface area contributed by atoms with Gasteiger partial charge in [0.2, 0.25) is 0 Å². The third kappa shape index (κ3) is 12.4. The lowest BCUT2D eigenvalue weighted by atomic mass is 10.2. The van der Waals surface area contributed by atoms with E-state index in [9.17, 15) is 9.59 Å². The Morgan fingerprint density at radius 2 is 0.967 bits per heavy atom. The summed E-state index contributed by atoms with van der Waals surface area (Å²) in [7, 11) is 0. The molecule has 8 nitrogen and oxygen atoms in total. The van der Waals surface area contributed by atoms with Gasteiger partial charge in [0.1, 0.15) is 11.5 Å². The molecule has 0 radical (unpaired) electrons. The zero-order valence-corrected chi connectivity index (χ0v) is 17.3. The second-order valence-corrected chi connectivity index (χ2v) is 5.81. The summed E-state index contributed by atoms with van der Waals surface area (Å²) in [6.45, 7) is 4.48. The first kappa shape index (κ1) is 26.9. The monoisotopic (exact) mass is 422 g/mol. The molecule has 0 bridgehead atoms. The van der Waals surface area contributed by atoms with Crippen LogP contribution in [0.1, 0.15) is 47.4 Å². The van der Waals surface area contributed by atoms with Gasteiger partial charge >= 0.3 is 11.9 Å². The Bertz CT molecular complexity index is 647. The molecule has 0 unspecified atom stereocenters. The molecule has 0 atom stereocenters. The Hall–Kier alpha value is -3.10. The highest BCUT2D eigenvalue weighted by atomic mass is 16.5. The van der Waals surface area contributed by atoms with E-state index in [0.29, 0.717) is 24.3 Å². The number of rotatable bonds is 7. The minimum atomic E-state index is -0.346. The summed E-state index contributed by atoms with van der Waals surface area (Å²) in [6, 6.07) is 12.0. The summed E-state index contributed by atoms with van der Waals surface area (Å²) < 4.78 is 9.79. The van der Waals surface area contributed by atoms with Gasteiger partial charge in [-0.1, -0.05) is 13.8 Å². The topological polar surface area (TPSA) is 134 Å². The Balaban J connectivity index is 0.000000477. The predicted molar refractivity (Wildman–Crippen MR) is 112 cm³/mol. The maximum absolute atomic E-state index is 11.2. The van der Waals surface area contributed by atoms with E-state index in [1.165, 1.54) is 48.5 Å². The van der Waals surface area contributed by atoms with E-state index in [1.807, 2.05) is 13.8 Å². The van der Waals surface area contributed by atoms with Crippen molar-refractivity contribution in [1.82, 2.24) is 0 Å². The van der Waals surface area contributed by atoms with Crippen LogP contribution < -0.4 is 0 Å². The largest absolute Gasteiger partial charge is 0.508 e. The average molecular weight is 422 g/mol. The van der Waals surface area contributed by atoms with Crippen molar-refractivity contribution in [1.29, 1.82) is 0 Å². The molecule has 0 saturated heterocycles. The second kappa shape index (κ2) is 16.8. The van der Waals surface area contributed by atoms with Gasteiger partial charge in [-0.05, 0) is 61.4 Å². The number of ether oxygens (including phenoxy) is 2. The minimum Gasteiger partial charge on any atom is -0.508 e. The van der Waals surface area contributed by atoms with E-state index in [1.54, 1.807) is 0 Å². The van der Waals surface area contributed by atoms with Crippen LogP contribution in [0.15, 0.2) is 48.5 Å². The maximum atomic E-state index is 11.2. The molecule has 0 fully saturated rings. The van der Waals surface area contributed by atoms with Gasteiger partial charge in [-0.15, -0.1) is 0 Å². The van der Waals surface area contributed by atoms with Crippen LogP contribution in [0.5, 0.6) is 11.5 Å². The fourth-order valence-electron chi connectivity index (χ4n) is 1.75. The van der Waals surface area contributed by atoms with Gasteiger partial charge in [-0.2, -0.15) is 0 Å². The van der Waals surface area contributed by atoms with Gasteiger partial charge in [0.05, 0.1) is 37.6 Å². The van der Waals surface area contributed by atoms with E-state index < -0.39 is 0 Å². The molecule has 0 aliphatic carbocycles. The normalized spacial score (nSPS) is 9.33. The van der Waals surface area contributed by atoms with E-state index >= 15 is 0 Å². The van der Waals surface area contributed by atoms with E-state index in [2.05, 4.69) is 0 Å². The fourth-order valence-corrected chi connectivity index (χ4v) is 1.75. The molecule has 4 N–H and O–H groups in total. The van der Waals surface area contributed by atoms with E-state index in [-0.39, 0.29) is 36.7 Å². The lowest BCUT2D eigenvalue weighted by Crippen LogP contribution is -2.05. The van der Waals surface area contributed by atoms with Crippen LogP contribution in [-0.2, 0) is 9.47 Å². The molecule has 0 aromatic heterocycles. The van der Waals surface area contributed by atoms with Crippen molar-refractivity contribution in [2.24, 2.45) is 0 Å². The second-order valence-electron chi connectivity index (χ2n) is 5.81. The van der Waals surface area contributed by atoms with Gasteiger partial charge in [-0.3, -0.25) is 0 Å². The Morgan fingerprint density at radius 3 is 1.20 bits per heavy atom. The molecule has 2 rings (SSSR count). The minimum absolute atomic E-state index is 0.125. The Morgan fingerprint density at radius 1 is 0.667 bits per heavy atom. The number of hydrogen-bond acceptors (Lipinski definition) is 8. The van der Waals surface area contributed by atoms with Crippen LogP contribution in [0.4, 0.5) is 0 Å². The van der Waals surface area contributed by atoms with Gasteiger partial charge < -0.3 is 29.9 Å². The van der Waals surface area contributed by atoms with Crippen molar-refractivity contribution in [2.75, 3.05) is 26.4 Å². The molecule has 2 aromatic carbocycles. The summed E-state index contributed by atoms with van der Waals surface area (Å²) in [6.07, 6.45) is 1.62. The van der Waals surface area contributed by atoms with Crippen molar-refractivity contribution >= 4 is 11.9 Å². The first-order valence-corrected chi connectivity index (χ1v) is 9.53. The quantitative estimate of drug-likeness (QED) is 0.501. The van der Waals surface area contributed by atoms with E-state index in [4.69, 9.17) is 29.9 Å². The van der Waals surface area contributed by atoms with Gasteiger partial charge in [0, 0.05) is 0 Å². The third-order valence-corrected chi connectivity index (χ3v) is 3.18. The number of phenolic OH excluding ortho intramolecular Hbond substituents is 2. The summed E-state index contributed by atoms with van der Waals surface area (Å²) in [5.41, 5.74) is 0.928. The molecule has 0 spiro atoms. The van der Waals surface area contributed by atoms with Crippen molar-refractivity contribution in [3.63, 3.8) is 0 Å². The van der Waals surface area contributed by atoms with Crippen molar-refractivity contribution in [3.8, 4) is 11.5 Å². The highest BCUT2D eigenvalue weighted by Gasteiger charge is 2.06. The molecule has 0 saturated carbocycles. The number of phenols is 2. The first-order valence-electron chi connectivity index (χ1n) is 9.53. The lowest BCUT2D eigenvalue weighted by molar-refractivity contribution is 0.0496. The zero-order chi connectivity index (χ0) is 22.8. The van der Waals surface area contributed by atoms with Crippen LogP contribution in [0, 0.1) is 0 Å². The SMILES string of the molecule is CCCOC(=O)c1ccc(O)cc1.CCCOC(=O)c1ccc(O)cc1.OCCO. The molecule has 0 aliphatic rings. The van der Waals surface area contributed by atoms with Crippen molar-refractivity contribution in [3.05, 3.63) is 59.7 Å². The van der Waals surface area contributed by atoms with Crippen LogP contribution >= 0.6 is 0 Å². The summed E-state index contributed by atoms with van der Waals surface area (Å²) in [4.78, 5) is 22.4. The number of benzene rings is 2. The number of aliphatic hydroxyl groups excluding tert-OH is 2. The van der Waals surface area contributed by atoms with Crippen molar-refractivity contribution in [2.45, 2.75) is 26.7 Å². The smallest absolute Gasteiger partial charge is 0.338 e. The molecule has 8 heteroatoms. The highest BCUT2D eigenvalue weighted by Crippen LogP contribution is 2.11. The number of aliphatic hydroxyl groups is 2.